The van der Waals surface area contributed by atoms with E-state index >= 15 is 0 Å². The predicted octanol–water partition coefficient (Wildman–Crippen LogP) is 5.26. The minimum atomic E-state index is -0.428. The molecule has 0 saturated heterocycles. The normalized spacial score (nSPS) is 17.5. The lowest BCUT2D eigenvalue weighted by molar-refractivity contribution is 0.0925. The lowest BCUT2D eigenvalue weighted by atomic mass is 9.91. The van der Waals surface area contributed by atoms with Gasteiger partial charge in [-0.3, -0.25) is 4.79 Å². The maximum atomic E-state index is 14.6. The Balaban J connectivity index is 1.25. The number of nitrogens with one attached hydrogen (secondary N) is 2. The van der Waals surface area contributed by atoms with Crippen LogP contribution in [0.1, 0.15) is 47.4 Å². The molecule has 2 N–H and O–H groups in total. The molecule has 192 valence electrons. The molecule has 0 atom stereocenters. The average Bonchev–Trinajstić information content (AvgIpc) is 3.25. The lowest BCUT2D eigenvalue weighted by Crippen LogP contribution is -2.40. The molecule has 2 aromatic carbocycles. The smallest absolute Gasteiger partial charge is 0.257 e. The molecular formula is C28H31FN6O2. The van der Waals surface area contributed by atoms with Crippen molar-refractivity contribution in [1.82, 2.24) is 20.4 Å². The van der Waals surface area contributed by atoms with Crippen molar-refractivity contribution >= 4 is 28.6 Å². The van der Waals surface area contributed by atoms with Crippen molar-refractivity contribution in [1.29, 1.82) is 0 Å². The maximum absolute atomic E-state index is 14.6. The van der Waals surface area contributed by atoms with E-state index in [9.17, 15) is 9.18 Å². The van der Waals surface area contributed by atoms with E-state index in [1.807, 2.05) is 43.3 Å². The number of carbonyl (C=O) groups excluding carboxylic acids is 1. The van der Waals surface area contributed by atoms with Crippen LogP contribution in [-0.2, 0) is 0 Å². The molecule has 0 unspecified atom stereocenters. The van der Waals surface area contributed by atoms with E-state index in [4.69, 9.17) is 14.5 Å². The zero-order chi connectivity index (χ0) is 26.1. The van der Waals surface area contributed by atoms with Gasteiger partial charge < -0.3 is 20.1 Å². The van der Waals surface area contributed by atoms with Gasteiger partial charge in [-0.15, -0.1) is 0 Å². The third kappa shape index (κ3) is 4.98. The summed E-state index contributed by atoms with van der Waals surface area (Å²) in [6.45, 7) is 3.47. The number of nitrogens with zero attached hydrogens (tertiary/aromatic N) is 4. The second-order valence-electron chi connectivity index (χ2n) is 9.84. The van der Waals surface area contributed by atoms with E-state index in [0.29, 0.717) is 22.8 Å². The summed E-state index contributed by atoms with van der Waals surface area (Å²) in [5.41, 5.74) is 2.42. The SMILES string of the molecule is Cc1cccc(F)c1-c1noc(C)c1C(=O)NC1CCC(Nc2nc(N(C)C)c3ccccc3n2)CC1. The van der Waals surface area contributed by atoms with Gasteiger partial charge in [0.05, 0.1) is 5.52 Å². The van der Waals surface area contributed by atoms with E-state index in [2.05, 4.69) is 15.8 Å². The van der Waals surface area contributed by atoms with Crippen LogP contribution in [0.3, 0.4) is 0 Å². The summed E-state index contributed by atoms with van der Waals surface area (Å²) in [6.07, 6.45) is 3.33. The topological polar surface area (TPSA) is 96.2 Å². The Labute approximate surface area is 215 Å². The third-order valence-electron chi connectivity index (χ3n) is 6.95. The molecular weight excluding hydrogens is 471 g/mol. The molecule has 37 heavy (non-hydrogen) atoms. The molecule has 2 aromatic heterocycles. The molecule has 1 amide bonds. The van der Waals surface area contributed by atoms with Gasteiger partial charge in [0.25, 0.3) is 5.91 Å². The first kappa shape index (κ1) is 24.7. The Morgan fingerprint density at radius 3 is 2.46 bits per heavy atom. The molecule has 8 nitrogen and oxygen atoms in total. The van der Waals surface area contributed by atoms with Crippen molar-refractivity contribution in [3.8, 4) is 11.3 Å². The van der Waals surface area contributed by atoms with Crippen molar-refractivity contribution in [2.45, 2.75) is 51.6 Å². The molecule has 0 radical (unpaired) electrons. The van der Waals surface area contributed by atoms with Gasteiger partial charge >= 0.3 is 0 Å². The maximum Gasteiger partial charge on any atom is 0.257 e. The molecule has 1 aliphatic carbocycles. The summed E-state index contributed by atoms with van der Waals surface area (Å²) in [5, 5.41) is 11.6. The molecule has 2 heterocycles. The number of rotatable bonds is 6. The van der Waals surface area contributed by atoms with Gasteiger partial charge in [0.1, 0.15) is 28.7 Å². The molecule has 5 rings (SSSR count). The molecule has 0 bridgehead atoms. The Bertz CT molecular complexity index is 1420. The van der Waals surface area contributed by atoms with Crippen LogP contribution in [0.4, 0.5) is 16.2 Å². The fourth-order valence-corrected chi connectivity index (χ4v) is 5.03. The van der Waals surface area contributed by atoms with Crippen LogP contribution in [-0.4, -0.2) is 47.2 Å². The number of hydrogen-bond donors (Lipinski definition) is 2. The Hall–Kier alpha value is -4.01. The zero-order valence-corrected chi connectivity index (χ0v) is 21.5. The van der Waals surface area contributed by atoms with Crippen molar-refractivity contribution < 1.29 is 13.7 Å². The summed E-state index contributed by atoms with van der Waals surface area (Å²) < 4.78 is 19.9. The van der Waals surface area contributed by atoms with Gasteiger partial charge in [0, 0.05) is 37.1 Å². The van der Waals surface area contributed by atoms with Crippen LogP contribution in [0.5, 0.6) is 0 Å². The van der Waals surface area contributed by atoms with Gasteiger partial charge in [0.2, 0.25) is 5.95 Å². The second kappa shape index (κ2) is 10.2. The number of fused-ring (bicyclic) bond motifs is 1. The second-order valence-corrected chi connectivity index (χ2v) is 9.84. The first-order valence-electron chi connectivity index (χ1n) is 12.5. The van der Waals surface area contributed by atoms with Crippen LogP contribution in [0, 0.1) is 19.7 Å². The minimum absolute atomic E-state index is 0.00396. The number of hydrogen-bond acceptors (Lipinski definition) is 7. The van der Waals surface area contributed by atoms with Crippen LogP contribution in [0.25, 0.3) is 22.2 Å². The first-order valence-corrected chi connectivity index (χ1v) is 12.5. The van der Waals surface area contributed by atoms with E-state index < -0.39 is 5.82 Å². The summed E-state index contributed by atoms with van der Waals surface area (Å²) >= 11 is 0. The zero-order valence-electron chi connectivity index (χ0n) is 21.5. The van der Waals surface area contributed by atoms with Gasteiger partial charge in [-0.2, -0.15) is 4.98 Å². The highest BCUT2D eigenvalue weighted by Crippen LogP contribution is 2.31. The molecule has 0 spiro atoms. The fourth-order valence-electron chi connectivity index (χ4n) is 5.03. The Morgan fingerprint density at radius 1 is 1.00 bits per heavy atom. The Morgan fingerprint density at radius 2 is 1.73 bits per heavy atom. The first-order chi connectivity index (χ1) is 17.8. The Kier molecular flexibility index (Phi) is 6.78. The molecule has 4 aromatic rings. The van der Waals surface area contributed by atoms with Crippen LogP contribution in [0.2, 0.25) is 0 Å². The number of benzene rings is 2. The average molecular weight is 503 g/mol. The monoisotopic (exact) mass is 502 g/mol. The fraction of sp³-hybridized carbons (Fsp3) is 0.357. The molecule has 1 aliphatic rings. The number of carbonyl (C=O) groups is 1. The number of halogens is 1. The van der Waals surface area contributed by atoms with E-state index in [1.165, 1.54) is 6.07 Å². The quantitative estimate of drug-likeness (QED) is 0.371. The number of aryl methyl sites for hydroxylation is 2. The summed E-state index contributed by atoms with van der Waals surface area (Å²) in [6, 6.07) is 13.0. The van der Waals surface area contributed by atoms with E-state index in [-0.39, 0.29) is 29.2 Å². The molecule has 0 aliphatic heterocycles. The highest BCUT2D eigenvalue weighted by Gasteiger charge is 2.28. The van der Waals surface area contributed by atoms with Crippen LogP contribution < -0.4 is 15.5 Å². The van der Waals surface area contributed by atoms with Crippen molar-refractivity contribution in [2.24, 2.45) is 0 Å². The molecule has 1 fully saturated rings. The number of anilines is 2. The van der Waals surface area contributed by atoms with E-state index in [0.717, 1.165) is 42.4 Å². The molecule has 9 heteroatoms. The van der Waals surface area contributed by atoms with Gasteiger partial charge in [-0.05, 0) is 63.3 Å². The van der Waals surface area contributed by atoms with Gasteiger partial charge in [0.15, 0.2) is 0 Å². The number of para-hydroxylation sites is 1. The van der Waals surface area contributed by atoms with Gasteiger partial charge in [-0.1, -0.05) is 29.4 Å². The minimum Gasteiger partial charge on any atom is -0.362 e. The lowest BCUT2D eigenvalue weighted by Gasteiger charge is -2.30. The van der Waals surface area contributed by atoms with Gasteiger partial charge in [-0.25, -0.2) is 9.37 Å². The summed E-state index contributed by atoms with van der Waals surface area (Å²) in [5.74, 6) is 1.14. The summed E-state index contributed by atoms with van der Waals surface area (Å²) in [7, 11) is 3.95. The van der Waals surface area contributed by atoms with Crippen molar-refractivity contribution in [3.05, 3.63) is 65.2 Å². The van der Waals surface area contributed by atoms with Crippen LogP contribution in [0.15, 0.2) is 47.0 Å². The standard InChI is InChI=1S/C28H31FN6O2/c1-16-8-7-10-21(29)23(16)25-24(17(2)37-34-25)27(36)30-18-12-14-19(15-13-18)31-28-32-22-11-6-5-9-20(22)26(33-28)35(3)4/h5-11,18-19H,12-15H2,1-4H3,(H,30,36)(H,31,32,33). The number of aromatic nitrogens is 3. The highest BCUT2D eigenvalue weighted by atomic mass is 19.1. The molecule has 1 saturated carbocycles. The third-order valence-corrected chi connectivity index (χ3v) is 6.95. The predicted molar refractivity (Wildman–Crippen MR) is 142 cm³/mol. The summed E-state index contributed by atoms with van der Waals surface area (Å²) in [4.78, 5) is 24.7. The van der Waals surface area contributed by atoms with Crippen molar-refractivity contribution in [3.63, 3.8) is 0 Å². The van der Waals surface area contributed by atoms with Crippen LogP contribution >= 0.6 is 0 Å². The highest BCUT2D eigenvalue weighted by molar-refractivity contribution is 6.01. The number of amides is 1. The van der Waals surface area contributed by atoms with Crippen molar-refractivity contribution in [2.75, 3.05) is 24.3 Å². The van der Waals surface area contributed by atoms with E-state index in [1.54, 1.807) is 26.0 Å². The largest absolute Gasteiger partial charge is 0.362 e.